The molecule has 0 saturated carbocycles. The SMILES string of the molecule is O=C1Oc2ccc(Cl)cc2C1(OCCBr)c1ccccc1. The van der Waals surface area contributed by atoms with Crippen molar-refractivity contribution in [3.05, 3.63) is 64.7 Å². The summed E-state index contributed by atoms with van der Waals surface area (Å²) in [6.07, 6.45) is 0. The van der Waals surface area contributed by atoms with Gasteiger partial charge in [-0.15, -0.1) is 0 Å². The van der Waals surface area contributed by atoms with Gasteiger partial charge in [-0.1, -0.05) is 57.9 Å². The largest absolute Gasteiger partial charge is 0.423 e. The molecule has 1 heterocycles. The standard InChI is InChI=1S/C16H12BrClO3/c17-8-9-20-16(11-4-2-1-3-5-11)13-10-12(18)6-7-14(13)21-15(16)19/h1-7,10H,8-9H2. The first-order valence-electron chi connectivity index (χ1n) is 6.46. The van der Waals surface area contributed by atoms with Crippen LogP contribution in [0.4, 0.5) is 0 Å². The Morgan fingerprint density at radius 3 is 2.67 bits per heavy atom. The van der Waals surface area contributed by atoms with Gasteiger partial charge in [0.2, 0.25) is 5.60 Å². The van der Waals surface area contributed by atoms with Crippen LogP contribution in [-0.4, -0.2) is 17.9 Å². The molecule has 0 radical (unpaired) electrons. The Morgan fingerprint density at radius 1 is 1.19 bits per heavy atom. The van der Waals surface area contributed by atoms with Crippen LogP contribution in [0, 0.1) is 0 Å². The molecule has 0 amide bonds. The quantitative estimate of drug-likeness (QED) is 0.467. The van der Waals surface area contributed by atoms with Crippen molar-refractivity contribution in [2.75, 3.05) is 11.9 Å². The third kappa shape index (κ3) is 2.37. The van der Waals surface area contributed by atoms with Crippen molar-refractivity contribution < 1.29 is 14.3 Å². The number of carbonyl (C=O) groups excluding carboxylic acids is 1. The highest BCUT2D eigenvalue weighted by Crippen LogP contribution is 2.46. The smallest absolute Gasteiger partial charge is 0.353 e. The molecule has 1 aliphatic rings. The van der Waals surface area contributed by atoms with Gasteiger partial charge in [0.1, 0.15) is 5.75 Å². The zero-order valence-electron chi connectivity index (χ0n) is 11.0. The molecule has 5 heteroatoms. The predicted octanol–water partition coefficient (Wildman–Crippen LogP) is 3.91. The Bertz CT molecular complexity index is 674. The van der Waals surface area contributed by atoms with Crippen molar-refractivity contribution in [1.29, 1.82) is 0 Å². The summed E-state index contributed by atoms with van der Waals surface area (Å²) in [6.45, 7) is 0.371. The van der Waals surface area contributed by atoms with Crippen molar-refractivity contribution in [3.8, 4) is 5.75 Å². The second kappa shape index (κ2) is 5.79. The fraction of sp³-hybridized carbons (Fsp3) is 0.188. The van der Waals surface area contributed by atoms with Crippen molar-refractivity contribution in [2.45, 2.75) is 5.60 Å². The second-order valence-electron chi connectivity index (χ2n) is 4.61. The number of halogens is 2. The maximum Gasteiger partial charge on any atom is 0.353 e. The summed E-state index contributed by atoms with van der Waals surface area (Å²) in [5.41, 5.74) is 0.124. The Balaban J connectivity index is 2.21. The van der Waals surface area contributed by atoms with Gasteiger partial charge in [-0.3, -0.25) is 0 Å². The molecule has 3 rings (SSSR count). The molecular weight excluding hydrogens is 356 g/mol. The first kappa shape index (κ1) is 14.6. The molecule has 1 atom stereocenters. The van der Waals surface area contributed by atoms with E-state index in [9.17, 15) is 4.79 Å². The Morgan fingerprint density at radius 2 is 1.95 bits per heavy atom. The van der Waals surface area contributed by atoms with E-state index in [0.29, 0.717) is 28.3 Å². The number of alkyl halides is 1. The van der Waals surface area contributed by atoms with Crippen molar-refractivity contribution in [2.24, 2.45) is 0 Å². The minimum atomic E-state index is -1.25. The topological polar surface area (TPSA) is 35.5 Å². The molecule has 0 aromatic heterocycles. The van der Waals surface area contributed by atoms with E-state index in [4.69, 9.17) is 21.1 Å². The number of hydrogen-bond acceptors (Lipinski definition) is 3. The number of fused-ring (bicyclic) bond motifs is 1. The highest BCUT2D eigenvalue weighted by Gasteiger charge is 2.52. The van der Waals surface area contributed by atoms with Gasteiger partial charge in [0.25, 0.3) is 0 Å². The third-order valence-corrected chi connectivity index (χ3v) is 3.95. The van der Waals surface area contributed by atoms with Crippen LogP contribution in [0.25, 0.3) is 0 Å². The predicted molar refractivity (Wildman–Crippen MR) is 84.1 cm³/mol. The molecule has 2 aromatic carbocycles. The summed E-state index contributed by atoms with van der Waals surface area (Å²) in [6, 6.07) is 14.4. The summed E-state index contributed by atoms with van der Waals surface area (Å²) in [5, 5.41) is 1.15. The molecule has 0 N–H and O–H groups in total. The molecule has 21 heavy (non-hydrogen) atoms. The zero-order valence-corrected chi connectivity index (χ0v) is 13.4. The number of carbonyl (C=O) groups is 1. The van der Waals surface area contributed by atoms with Crippen molar-refractivity contribution in [3.63, 3.8) is 0 Å². The van der Waals surface area contributed by atoms with Crippen LogP contribution in [0.1, 0.15) is 11.1 Å². The Hall–Kier alpha value is -1.36. The fourth-order valence-electron chi connectivity index (χ4n) is 2.51. The molecule has 0 saturated heterocycles. The van der Waals surface area contributed by atoms with Crippen LogP contribution in [0.2, 0.25) is 5.02 Å². The zero-order chi connectivity index (χ0) is 14.9. The van der Waals surface area contributed by atoms with Gasteiger partial charge in [-0.2, -0.15) is 0 Å². The number of rotatable bonds is 4. The van der Waals surface area contributed by atoms with Crippen LogP contribution in [0.3, 0.4) is 0 Å². The maximum absolute atomic E-state index is 12.6. The fourth-order valence-corrected chi connectivity index (χ4v) is 2.84. The van der Waals surface area contributed by atoms with Gasteiger partial charge in [0.05, 0.1) is 6.61 Å². The lowest BCUT2D eigenvalue weighted by atomic mass is 9.87. The number of esters is 1. The van der Waals surface area contributed by atoms with E-state index in [1.54, 1.807) is 18.2 Å². The van der Waals surface area contributed by atoms with Gasteiger partial charge in [0.15, 0.2) is 0 Å². The molecule has 3 nitrogen and oxygen atoms in total. The highest BCUT2D eigenvalue weighted by molar-refractivity contribution is 9.09. The van der Waals surface area contributed by atoms with Crippen molar-refractivity contribution in [1.82, 2.24) is 0 Å². The molecular formula is C16H12BrClO3. The van der Waals surface area contributed by atoms with E-state index in [1.807, 2.05) is 30.3 Å². The highest BCUT2D eigenvalue weighted by atomic mass is 79.9. The summed E-state index contributed by atoms with van der Waals surface area (Å²) in [5.74, 6) is 0.0507. The lowest BCUT2D eigenvalue weighted by Gasteiger charge is -2.26. The first-order valence-corrected chi connectivity index (χ1v) is 7.96. The van der Waals surface area contributed by atoms with Gasteiger partial charge in [0, 0.05) is 15.9 Å². The van der Waals surface area contributed by atoms with E-state index >= 15 is 0 Å². The number of ether oxygens (including phenoxy) is 2. The minimum Gasteiger partial charge on any atom is -0.423 e. The van der Waals surface area contributed by atoms with E-state index in [0.717, 1.165) is 5.56 Å². The minimum absolute atomic E-state index is 0.371. The number of benzene rings is 2. The third-order valence-electron chi connectivity index (χ3n) is 3.39. The average Bonchev–Trinajstić information content (AvgIpc) is 2.78. The Labute approximate surface area is 136 Å². The second-order valence-corrected chi connectivity index (χ2v) is 5.84. The monoisotopic (exact) mass is 366 g/mol. The van der Waals surface area contributed by atoms with Gasteiger partial charge >= 0.3 is 5.97 Å². The molecule has 0 fully saturated rings. The average molecular weight is 368 g/mol. The number of hydrogen-bond donors (Lipinski definition) is 0. The summed E-state index contributed by atoms with van der Waals surface area (Å²) in [4.78, 5) is 12.6. The summed E-state index contributed by atoms with van der Waals surface area (Å²) < 4.78 is 11.3. The molecule has 108 valence electrons. The van der Waals surface area contributed by atoms with Crippen LogP contribution in [0.5, 0.6) is 5.75 Å². The molecule has 1 unspecified atom stereocenters. The molecule has 0 aliphatic carbocycles. The lowest BCUT2D eigenvalue weighted by Crippen LogP contribution is -2.38. The van der Waals surface area contributed by atoms with Gasteiger partial charge in [-0.05, 0) is 23.8 Å². The van der Waals surface area contributed by atoms with Gasteiger partial charge < -0.3 is 9.47 Å². The first-order chi connectivity index (χ1) is 10.2. The van der Waals surface area contributed by atoms with Crippen LogP contribution in [0.15, 0.2) is 48.5 Å². The summed E-state index contributed by atoms with van der Waals surface area (Å²) in [7, 11) is 0. The lowest BCUT2D eigenvalue weighted by molar-refractivity contribution is -0.153. The van der Waals surface area contributed by atoms with Crippen LogP contribution < -0.4 is 4.74 Å². The van der Waals surface area contributed by atoms with Crippen LogP contribution >= 0.6 is 27.5 Å². The Kier molecular flexibility index (Phi) is 4.02. The van der Waals surface area contributed by atoms with E-state index < -0.39 is 11.6 Å². The van der Waals surface area contributed by atoms with Crippen LogP contribution in [-0.2, 0) is 15.1 Å². The molecule has 0 spiro atoms. The molecule has 0 bridgehead atoms. The summed E-state index contributed by atoms with van der Waals surface area (Å²) >= 11 is 9.41. The van der Waals surface area contributed by atoms with E-state index in [2.05, 4.69) is 15.9 Å². The molecule has 2 aromatic rings. The normalized spacial score (nSPS) is 20.2. The van der Waals surface area contributed by atoms with E-state index in [-0.39, 0.29) is 0 Å². The van der Waals surface area contributed by atoms with Gasteiger partial charge in [-0.25, -0.2) is 4.79 Å². The van der Waals surface area contributed by atoms with E-state index in [1.165, 1.54) is 0 Å². The van der Waals surface area contributed by atoms with Crippen molar-refractivity contribution >= 4 is 33.5 Å². The maximum atomic E-state index is 12.6. The molecule has 1 aliphatic heterocycles.